The molecule has 1 amide bonds. The van der Waals surface area contributed by atoms with Crippen LogP contribution in [0.5, 0.6) is 0 Å². The minimum atomic E-state index is -0.0281. The van der Waals surface area contributed by atoms with Gasteiger partial charge in [-0.3, -0.25) is 4.79 Å². The van der Waals surface area contributed by atoms with E-state index in [4.69, 9.17) is 5.11 Å². The fraction of sp³-hybridized carbons (Fsp3) is 0.500. The topological polar surface area (TPSA) is 49.3 Å². The second kappa shape index (κ2) is 7.85. The lowest BCUT2D eigenvalue weighted by molar-refractivity contribution is 0.0952. The molecule has 1 aromatic rings. The molecular weight excluding hydrogens is 262 g/mol. The van der Waals surface area contributed by atoms with Crippen LogP contribution in [-0.4, -0.2) is 24.2 Å². The van der Waals surface area contributed by atoms with E-state index >= 15 is 0 Å². The average molecular weight is 285 g/mol. The Labute approximate surface area is 126 Å². The van der Waals surface area contributed by atoms with E-state index in [1.807, 2.05) is 25.1 Å². The third-order valence-corrected chi connectivity index (χ3v) is 3.58. The Hall–Kier alpha value is -1.79. The van der Waals surface area contributed by atoms with Crippen molar-refractivity contribution in [2.24, 2.45) is 5.92 Å². The van der Waals surface area contributed by atoms with Crippen molar-refractivity contribution < 1.29 is 9.90 Å². The number of benzene rings is 1. The lowest BCUT2D eigenvalue weighted by atomic mass is 10.1. The zero-order valence-electron chi connectivity index (χ0n) is 12.6. The molecule has 2 rings (SSSR count). The van der Waals surface area contributed by atoms with Crippen molar-refractivity contribution in [3.63, 3.8) is 0 Å². The van der Waals surface area contributed by atoms with E-state index < -0.39 is 0 Å². The van der Waals surface area contributed by atoms with E-state index in [9.17, 15) is 4.79 Å². The zero-order valence-corrected chi connectivity index (χ0v) is 12.6. The molecule has 0 unspecified atom stereocenters. The van der Waals surface area contributed by atoms with Crippen LogP contribution in [0.1, 0.15) is 53.6 Å². The zero-order chi connectivity index (χ0) is 15.1. The van der Waals surface area contributed by atoms with Crippen LogP contribution >= 0.6 is 0 Å². The number of nitrogens with one attached hydrogen (secondary N) is 1. The molecule has 1 aliphatic carbocycles. The van der Waals surface area contributed by atoms with Crippen molar-refractivity contribution in [3.8, 4) is 11.8 Å². The molecule has 0 atom stereocenters. The highest BCUT2D eigenvalue weighted by Gasteiger charge is 2.20. The number of aliphatic hydroxyl groups excluding tert-OH is 1. The standard InChI is InChI=1S/C18H23NO2/c1-14-11-16(5-2-3-10-20)13-17(12-14)18(21)19-9-4-6-15-7-8-15/h11-13,15,20H,3-4,6-10H2,1H3,(H,19,21). The second-order valence-corrected chi connectivity index (χ2v) is 5.70. The largest absolute Gasteiger partial charge is 0.395 e. The van der Waals surface area contributed by atoms with E-state index in [1.54, 1.807) is 0 Å². The molecule has 0 aliphatic heterocycles. The maximum absolute atomic E-state index is 12.1. The molecule has 0 aromatic heterocycles. The van der Waals surface area contributed by atoms with E-state index in [0.29, 0.717) is 12.0 Å². The fourth-order valence-electron chi connectivity index (χ4n) is 2.31. The third-order valence-electron chi connectivity index (χ3n) is 3.58. The number of hydrogen-bond donors (Lipinski definition) is 2. The summed E-state index contributed by atoms with van der Waals surface area (Å²) in [4.78, 5) is 12.1. The smallest absolute Gasteiger partial charge is 0.251 e. The highest BCUT2D eigenvalue weighted by Crippen LogP contribution is 2.33. The first-order valence-electron chi connectivity index (χ1n) is 7.68. The number of carbonyl (C=O) groups is 1. The summed E-state index contributed by atoms with van der Waals surface area (Å²) < 4.78 is 0. The maximum Gasteiger partial charge on any atom is 0.251 e. The highest BCUT2D eigenvalue weighted by atomic mass is 16.2. The van der Waals surface area contributed by atoms with Crippen molar-refractivity contribution in [2.45, 2.75) is 39.0 Å². The van der Waals surface area contributed by atoms with Gasteiger partial charge in [0.25, 0.3) is 5.91 Å². The van der Waals surface area contributed by atoms with E-state index in [-0.39, 0.29) is 12.5 Å². The van der Waals surface area contributed by atoms with Gasteiger partial charge in [0.2, 0.25) is 0 Å². The van der Waals surface area contributed by atoms with Crippen LogP contribution in [-0.2, 0) is 0 Å². The summed E-state index contributed by atoms with van der Waals surface area (Å²) in [6.07, 6.45) is 5.47. The van der Waals surface area contributed by atoms with Crippen molar-refractivity contribution in [1.82, 2.24) is 5.32 Å². The third kappa shape index (κ3) is 5.61. The Kier molecular flexibility index (Phi) is 5.83. The second-order valence-electron chi connectivity index (χ2n) is 5.70. The van der Waals surface area contributed by atoms with Gasteiger partial charge in [0.15, 0.2) is 0 Å². The Morgan fingerprint density at radius 1 is 1.38 bits per heavy atom. The summed E-state index contributed by atoms with van der Waals surface area (Å²) in [6.45, 7) is 2.77. The summed E-state index contributed by atoms with van der Waals surface area (Å²) >= 11 is 0. The van der Waals surface area contributed by atoms with Gasteiger partial charge in [-0.2, -0.15) is 0 Å². The minimum Gasteiger partial charge on any atom is -0.395 e. The molecule has 1 aliphatic rings. The van der Waals surface area contributed by atoms with Crippen molar-refractivity contribution >= 4 is 5.91 Å². The molecule has 1 fully saturated rings. The number of carbonyl (C=O) groups excluding carboxylic acids is 1. The Morgan fingerprint density at radius 3 is 2.90 bits per heavy atom. The molecule has 2 N–H and O–H groups in total. The average Bonchev–Trinajstić information content (AvgIpc) is 3.27. The van der Waals surface area contributed by atoms with Gasteiger partial charge in [0.1, 0.15) is 0 Å². The van der Waals surface area contributed by atoms with Crippen LogP contribution in [0.3, 0.4) is 0 Å². The van der Waals surface area contributed by atoms with Gasteiger partial charge in [0, 0.05) is 24.1 Å². The van der Waals surface area contributed by atoms with Gasteiger partial charge in [-0.1, -0.05) is 24.7 Å². The molecule has 112 valence electrons. The summed E-state index contributed by atoms with van der Waals surface area (Å²) in [7, 11) is 0. The Balaban J connectivity index is 1.90. The summed E-state index contributed by atoms with van der Waals surface area (Å²) in [5.41, 5.74) is 2.51. The van der Waals surface area contributed by atoms with E-state index in [2.05, 4.69) is 17.2 Å². The first-order chi connectivity index (χ1) is 10.2. The number of aryl methyl sites for hydroxylation is 1. The molecule has 0 radical (unpaired) electrons. The summed E-state index contributed by atoms with van der Waals surface area (Å²) in [6, 6.07) is 5.65. The van der Waals surface area contributed by atoms with Gasteiger partial charge in [-0.05, 0) is 49.4 Å². The molecule has 21 heavy (non-hydrogen) atoms. The first-order valence-corrected chi connectivity index (χ1v) is 7.68. The molecule has 0 saturated heterocycles. The number of amides is 1. The number of hydrogen-bond acceptors (Lipinski definition) is 2. The molecule has 0 spiro atoms. The molecule has 3 nitrogen and oxygen atoms in total. The molecule has 0 bridgehead atoms. The minimum absolute atomic E-state index is 0.0281. The quantitative estimate of drug-likeness (QED) is 0.623. The van der Waals surface area contributed by atoms with Crippen LogP contribution in [0.15, 0.2) is 18.2 Å². The van der Waals surface area contributed by atoms with E-state index in [1.165, 1.54) is 19.3 Å². The predicted molar refractivity (Wildman–Crippen MR) is 84.1 cm³/mol. The van der Waals surface area contributed by atoms with Gasteiger partial charge >= 0.3 is 0 Å². The van der Waals surface area contributed by atoms with Crippen molar-refractivity contribution in [3.05, 3.63) is 34.9 Å². The van der Waals surface area contributed by atoms with Crippen LogP contribution in [0.4, 0.5) is 0 Å². The van der Waals surface area contributed by atoms with Gasteiger partial charge in [0.05, 0.1) is 6.61 Å². The number of rotatable bonds is 6. The highest BCUT2D eigenvalue weighted by molar-refractivity contribution is 5.94. The van der Waals surface area contributed by atoms with Gasteiger partial charge in [-0.15, -0.1) is 0 Å². The summed E-state index contributed by atoms with van der Waals surface area (Å²) in [5.74, 6) is 6.75. The van der Waals surface area contributed by atoms with Gasteiger partial charge in [-0.25, -0.2) is 0 Å². The Bertz CT molecular complexity index is 550. The maximum atomic E-state index is 12.1. The molecule has 3 heteroatoms. The predicted octanol–water partition coefficient (Wildman–Crippen LogP) is 2.65. The van der Waals surface area contributed by atoms with Crippen molar-refractivity contribution in [2.75, 3.05) is 13.2 Å². The first kappa shape index (κ1) is 15.6. The SMILES string of the molecule is Cc1cc(C#CCCO)cc(C(=O)NCCCC2CC2)c1. The molecule has 0 heterocycles. The Morgan fingerprint density at radius 2 is 2.19 bits per heavy atom. The lowest BCUT2D eigenvalue weighted by Gasteiger charge is -2.06. The van der Waals surface area contributed by atoms with Crippen LogP contribution < -0.4 is 5.32 Å². The van der Waals surface area contributed by atoms with Crippen LogP contribution in [0.2, 0.25) is 0 Å². The van der Waals surface area contributed by atoms with Crippen LogP contribution in [0, 0.1) is 24.7 Å². The van der Waals surface area contributed by atoms with Crippen LogP contribution in [0.25, 0.3) is 0 Å². The fourth-order valence-corrected chi connectivity index (χ4v) is 2.31. The van der Waals surface area contributed by atoms with Crippen molar-refractivity contribution in [1.29, 1.82) is 0 Å². The summed E-state index contributed by atoms with van der Waals surface area (Å²) in [5, 5.41) is 11.7. The molecule has 1 aromatic carbocycles. The monoisotopic (exact) mass is 285 g/mol. The molecule has 1 saturated carbocycles. The molecular formula is C18H23NO2. The lowest BCUT2D eigenvalue weighted by Crippen LogP contribution is -2.24. The normalized spacial score (nSPS) is 13.4. The van der Waals surface area contributed by atoms with Gasteiger partial charge < -0.3 is 10.4 Å². The number of aliphatic hydroxyl groups is 1. The van der Waals surface area contributed by atoms with E-state index in [0.717, 1.165) is 30.0 Å².